The maximum absolute atomic E-state index is 5.87. The first-order chi connectivity index (χ1) is 7.74. The van der Waals surface area contributed by atoms with E-state index in [0.29, 0.717) is 5.92 Å². The molecule has 1 heterocycles. The molecule has 1 fully saturated rings. The summed E-state index contributed by atoms with van der Waals surface area (Å²) in [5.74, 6) is 1.43. The lowest BCUT2D eigenvalue weighted by Gasteiger charge is -2.00. The van der Waals surface area contributed by atoms with E-state index < -0.39 is 0 Å². The van der Waals surface area contributed by atoms with Crippen molar-refractivity contribution in [3.8, 4) is 0 Å². The maximum Gasteiger partial charge on any atom is 0.198 e. The van der Waals surface area contributed by atoms with Crippen molar-refractivity contribution in [1.29, 1.82) is 0 Å². The molecule has 3 rings (SSSR count). The Bertz CT molecular complexity index is 524. The number of nitrogens with two attached hydrogens (primary N) is 1. The number of anilines is 1. The predicted octanol–water partition coefficient (Wildman–Crippen LogP) is 3.38. The van der Waals surface area contributed by atoms with Gasteiger partial charge in [0, 0.05) is 11.6 Å². The fourth-order valence-electron chi connectivity index (χ4n) is 2.59. The number of aromatic nitrogens is 1. The molecule has 1 saturated carbocycles. The number of oxazole rings is 1. The van der Waals surface area contributed by atoms with E-state index in [2.05, 4.69) is 4.98 Å². The van der Waals surface area contributed by atoms with Crippen LogP contribution in [-0.4, -0.2) is 4.98 Å². The van der Waals surface area contributed by atoms with E-state index in [1.54, 1.807) is 0 Å². The second kappa shape index (κ2) is 3.51. The molecule has 0 amide bonds. The standard InChI is InChI=1S/C13H16N2O/c1-8-6-10(14)7-11-12(8)16-13(15-11)9-4-2-3-5-9/h6-7,9H,2-5,14H2,1H3. The fraction of sp³-hybridized carbons (Fsp3) is 0.462. The van der Waals surface area contributed by atoms with Crippen LogP contribution in [0.2, 0.25) is 0 Å². The molecule has 3 heteroatoms. The van der Waals surface area contributed by atoms with Crippen LogP contribution in [-0.2, 0) is 0 Å². The van der Waals surface area contributed by atoms with Crippen molar-refractivity contribution in [3.63, 3.8) is 0 Å². The fourth-order valence-corrected chi connectivity index (χ4v) is 2.59. The van der Waals surface area contributed by atoms with Crippen molar-refractivity contribution >= 4 is 16.8 Å². The van der Waals surface area contributed by atoms with Crippen LogP contribution < -0.4 is 5.73 Å². The van der Waals surface area contributed by atoms with Gasteiger partial charge in [0.15, 0.2) is 11.5 Å². The zero-order valence-corrected chi connectivity index (χ0v) is 9.49. The molecule has 1 aromatic heterocycles. The largest absolute Gasteiger partial charge is 0.440 e. The molecule has 0 radical (unpaired) electrons. The number of nitrogens with zero attached hydrogens (tertiary/aromatic N) is 1. The van der Waals surface area contributed by atoms with Gasteiger partial charge < -0.3 is 10.2 Å². The summed E-state index contributed by atoms with van der Waals surface area (Å²) in [5, 5.41) is 0. The number of hydrogen-bond acceptors (Lipinski definition) is 3. The highest BCUT2D eigenvalue weighted by molar-refractivity contribution is 5.80. The van der Waals surface area contributed by atoms with E-state index in [-0.39, 0.29) is 0 Å². The molecule has 0 spiro atoms. The normalized spacial score (nSPS) is 17.3. The summed E-state index contributed by atoms with van der Waals surface area (Å²) < 4.78 is 5.87. The van der Waals surface area contributed by atoms with Crippen molar-refractivity contribution in [2.45, 2.75) is 38.5 Å². The van der Waals surface area contributed by atoms with Gasteiger partial charge in [0.25, 0.3) is 0 Å². The van der Waals surface area contributed by atoms with E-state index >= 15 is 0 Å². The minimum atomic E-state index is 0.521. The molecule has 0 atom stereocenters. The molecule has 0 bridgehead atoms. The molecular formula is C13H16N2O. The Labute approximate surface area is 94.7 Å². The molecule has 0 unspecified atom stereocenters. The van der Waals surface area contributed by atoms with Gasteiger partial charge in [-0.1, -0.05) is 12.8 Å². The van der Waals surface area contributed by atoms with Crippen LogP contribution in [0, 0.1) is 6.92 Å². The summed E-state index contributed by atoms with van der Waals surface area (Å²) in [7, 11) is 0. The van der Waals surface area contributed by atoms with Gasteiger partial charge in [0.2, 0.25) is 0 Å². The molecule has 1 aliphatic rings. The van der Waals surface area contributed by atoms with E-state index in [9.17, 15) is 0 Å². The Morgan fingerprint density at radius 1 is 1.31 bits per heavy atom. The van der Waals surface area contributed by atoms with Gasteiger partial charge in [0.1, 0.15) is 5.52 Å². The molecule has 2 N–H and O–H groups in total. The lowest BCUT2D eigenvalue weighted by Crippen LogP contribution is -1.91. The summed E-state index contributed by atoms with van der Waals surface area (Å²) in [4.78, 5) is 4.57. The summed E-state index contributed by atoms with van der Waals surface area (Å²) in [5.41, 5.74) is 9.44. The minimum Gasteiger partial charge on any atom is -0.440 e. The molecule has 3 nitrogen and oxygen atoms in total. The first-order valence-electron chi connectivity index (χ1n) is 5.90. The van der Waals surface area contributed by atoms with Crippen LogP contribution in [0.3, 0.4) is 0 Å². The Morgan fingerprint density at radius 3 is 2.81 bits per heavy atom. The quantitative estimate of drug-likeness (QED) is 0.743. The Hall–Kier alpha value is -1.51. The van der Waals surface area contributed by atoms with Crippen LogP contribution in [0.15, 0.2) is 16.5 Å². The highest BCUT2D eigenvalue weighted by Gasteiger charge is 2.22. The SMILES string of the molecule is Cc1cc(N)cc2nc(C3CCCC3)oc12. The summed E-state index contributed by atoms with van der Waals surface area (Å²) in [6.45, 7) is 2.02. The lowest BCUT2D eigenvalue weighted by molar-refractivity contribution is 0.473. The highest BCUT2D eigenvalue weighted by Crippen LogP contribution is 2.35. The summed E-state index contributed by atoms with van der Waals surface area (Å²) in [6.07, 6.45) is 5.01. The smallest absolute Gasteiger partial charge is 0.198 e. The van der Waals surface area contributed by atoms with Crippen LogP contribution in [0.5, 0.6) is 0 Å². The predicted molar refractivity (Wildman–Crippen MR) is 64.4 cm³/mol. The van der Waals surface area contributed by atoms with Gasteiger partial charge in [-0.15, -0.1) is 0 Å². The zero-order chi connectivity index (χ0) is 11.1. The monoisotopic (exact) mass is 216 g/mol. The van der Waals surface area contributed by atoms with Crippen LogP contribution >= 0.6 is 0 Å². The molecule has 1 aromatic carbocycles. The zero-order valence-electron chi connectivity index (χ0n) is 9.49. The van der Waals surface area contributed by atoms with Gasteiger partial charge >= 0.3 is 0 Å². The van der Waals surface area contributed by atoms with Crippen LogP contribution in [0.25, 0.3) is 11.1 Å². The third-order valence-corrected chi connectivity index (χ3v) is 3.42. The lowest BCUT2D eigenvalue weighted by atomic mass is 10.1. The Kier molecular flexibility index (Phi) is 2.13. The molecule has 84 valence electrons. The number of fused-ring (bicyclic) bond motifs is 1. The minimum absolute atomic E-state index is 0.521. The van der Waals surface area contributed by atoms with E-state index in [1.165, 1.54) is 25.7 Å². The van der Waals surface area contributed by atoms with Gasteiger partial charge in [-0.05, 0) is 37.5 Å². The van der Waals surface area contributed by atoms with Crippen molar-refractivity contribution in [3.05, 3.63) is 23.6 Å². The molecule has 1 aliphatic carbocycles. The van der Waals surface area contributed by atoms with E-state index in [1.807, 2.05) is 19.1 Å². The van der Waals surface area contributed by atoms with Crippen molar-refractivity contribution in [1.82, 2.24) is 4.98 Å². The maximum atomic E-state index is 5.87. The molecular weight excluding hydrogens is 200 g/mol. The average Bonchev–Trinajstić information content (AvgIpc) is 2.82. The van der Waals surface area contributed by atoms with Gasteiger partial charge in [0.05, 0.1) is 0 Å². The first-order valence-corrected chi connectivity index (χ1v) is 5.90. The van der Waals surface area contributed by atoms with Crippen molar-refractivity contribution in [2.75, 3.05) is 5.73 Å². The van der Waals surface area contributed by atoms with Crippen LogP contribution in [0.4, 0.5) is 5.69 Å². The van der Waals surface area contributed by atoms with Crippen molar-refractivity contribution < 1.29 is 4.42 Å². The molecule has 2 aromatic rings. The first kappa shape index (κ1) is 9.70. The molecule has 0 saturated heterocycles. The Balaban J connectivity index is 2.11. The number of aryl methyl sites for hydroxylation is 1. The number of nitrogen functional groups attached to an aromatic ring is 1. The second-order valence-corrected chi connectivity index (χ2v) is 4.72. The van der Waals surface area contributed by atoms with Crippen molar-refractivity contribution in [2.24, 2.45) is 0 Å². The average molecular weight is 216 g/mol. The molecule has 0 aliphatic heterocycles. The highest BCUT2D eigenvalue weighted by atomic mass is 16.3. The Morgan fingerprint density at radius 2 is 2.06 bits per heavy atom. The second-order valence-electron chi connectivity index (χ2n) is 4.72. The summed E-state index contributed by atoms with van der Waals surface area (Å²) >= 11 is 0. The topological polar surface area (TPSA) is 52.0 Å². The summed E-state index contributed by atoms with van der Waals surface area (Å²) in [6, 6.07) is 3.83. The third kappa shape index (κ3) is 1.47. The number of rotatable bonds is 1. The van der Waals surface area contributed by atoms with E-state index in [0.717, 1.165) is 28.2 Å². The molecule has 16 heavy (non-hydrogen) atoms. The number of hydrogen-bond donors (Lipinski definition) is 1. The third-order valence-electron chi connectivity index (χ3n) is 3.42. The number of benzene rings is 1. The van der Waals surface area contributed by atoms with Gasteiger partial charge in [-0.25, -0.2) is 4.98 Å². The van der Waals surface area contributed by atoms with Crippen LogP contribution in [0.1, 0.15) is 43.1 Å². The van der Waals surface area contributed by atoms with E-state index in [4.69, 9.17) is 10.2 Å². The van der Waals surface area contributed by atoms with Gasteiger partial charge in [-0.3, -0.25) is 0 Å². The van der Waals surface area contributed by atoms with Gasteiger partial charge in [-0.2, -0.15) is 0 Å².